The van der Waals surface area contributed by atoms with Crippen molar-refractivity contribution in [3.63, 3.8) is 0 Å². The number of para-hydroxylation sites is 1. The number of carbonyl (C=O) groups is 1. The summed E-state index contributed by atoms with van der Waals surface area (Å²) in [6, 6.07) is 14.8. The maximum Gasteiger partial charge on any atom is 0.251 e. The number of carbonyl (C=O) groups excluding carboxylic acids is 1. The van der Waals surface area contributed by atoms with Gasteiger partial charge in [-0.3, -0.25) is 14.5 Å². The van der Waals surface area contributed by atoms with E-state index < -0.39 is 0 Å². The van der Waals surface area contributed by atoms with Crippen LogP contribution in [0.15, 0.2) is 64.0 Å². The molecule has 1 amide bonds. The third-order valence-corrected chi connectivity index (χ3v) is 4.87. The number of hydrogen-bond donors (Lipinski definition) is 1. The Labute approximate surface area is 160 Å². The smallest absolute Gasteiger partial charge is 0.251 e. The molecule has 2 aromatic carbocycles. The van der Waals surface area contributed by atoms with Crippen molar-refractivity contribution >= 4 is 32.7 Å². The summed E-state index contributed by atoms with van der Waals surface area (Å²) in [5, 5.41) is 3.32. The van der Waals surface area contributed by atoms with Crippen LogP contribution in [0.25, 0.3) is 10.9 Å². The Hall–Kier alpha value is -2.44. The zero-order valence-corrected chi connectivity index (χ0v) is 16.3. The number of hydrogen-bond acceptors (Lipinski definition) is 3. The maximum atomic E-state index is 12.1. The van der Waals surface area contributed by atoms with Gasteiger partial charge in [0.25, 0.3) is 5.91 Å². The minimum absolute atomic E-state index is 0.0185. The van der Waals surface area contributed by atoms with Gasteiger partial charge in [-0.1, -0.05) is 18.2 Å². The van der Waals surface area contributed by atoms with Gasteiger partial charge < -0.3 is 9.88 Å². The van der Waals surface area contributed by atoms with Crippen molar-refractivity contribution in [2.75, 3.05) is 14.1 Å². The van der Waals surface area contributed by atoms with Crippen LogP contribution in [-0.4, -0.2) is 29.5 Å². The summed E-state index contributed by atoms with van der Waals surface area (Å²) in [6.45, 7) is 1.36. The first-order valence-corrected chi connectivity index (χ1v) is 9.06. The van der Waals surface area contributed by atoms with E-state index in [1.807, 2.05) is 55.7 Å². The number of nitrogens with one attached hydrogen (secondary N) is 1. The van der Waals surface area contributed by atoms with Gasteiger partial charge >= 0.3 is 0 Å². The van der Waals surface area contributed by atoms with Gasteiger partial charge in [0.1, 0.15) is 0 Å². The lowest BCUT2D eigenvalue weighted by Crippen LogP contribution is -2.23. The molecular formula is C20H20BrN3O2. The van der Waals surface area contributed by atoms with Crippen molar-refractivity contribution in [2.24, 2.45) is 0 Å². The second kappa shape index (κ2) is 7.85. The number of amides is 1. The average Bonchev–Trinajstić information content (AvgIpc) is 2.64. The summed E-state index contributed by atoms with van der Waals surface area (Å²) in [5.74, 6) is -0.0884. The minimum Gasteiger partial charge on any atom is -0.355 e. The number of nitrogens with zero attached hydrogens (tertiary/aromatic N) is 2. The van der Waals surface area contributed by atoms with Crippen molar-refractivity contribution in [3.8, 4) is 0 Å². The molecule has 0 saturated carbocycles. The summed E-state index contributed by atoms with van der Waals surface area (Å²) < 4.78 is 2.95. The third kappa shape index (κ3) is 3.86. The second-order valence-corrected chi connectivity index (χ2v) is 7.07. The highest BCUT2D eigenvalue weighted by molar-refractivity contribution is 9.10. The molecule has 0 spiro atoms. The van der Waals surface area contributed by atoms with Crippen LogP contribution >= 0.6 is 15.9 Å². The molecule has 0 atom stereocenters. The molecule has 0 unspecified atom stereocenters. The van der Waals surface area contributed by atoms with E-state index in [0.29, 0.717) is 17.6 Å². The summed E-state index contributed by atoms with van der Waals surface area (Å²) in [7, 11) is 3.64. The van der Waals surface area contributed by atoms with Crippen LogP contribution in [0.5, 0.6) is 0 Å². The monoisotopic (exact) mass is 413 g/mol. The van der Waals surface area contributed by atoms with Gasteiger partial charge in [0.05, 0.1) is 12.2 Å². The SMILES string of the molecule is CNC(=O)c1ccc(CN(C)Cn2ccc(=O)c3cccc(Br)c32)cc1. The molecule has 6 heteroatoms. The Bertz CT molecular complexity index is 996. The molecule has 26 heavy (non-hydrogen) atoms. The minimum atomic E-state index is -0.0884. The van der Waals surface area contributed by atoms with Crippen molar-refractivity contribution in [3.05, 3.63) is 80.6 Å². The first kappa shape index (κ1) is 18.4. The van der Waals surface area contributed by atoms with Gasteiger partial charge in [-0.2, -0.15) is 0 Å². The molecular weight excluding hydrogens is 394 g/mol. The van der Waals surface area contributed by atoms with Crippen molar-refractivity contribution in [1.29, 1.82) is 0 Å². The number of rotatable bonds is 5. The van der Waals surface area contributed by atoms with E-state index in [4.69, 9.17) is 0 Å². The Morgan fingerprint density at radius 1 is 1.15 bits per heavy atom. The Kier molecular flexibility index (Phi) is 5.54. The normalized spacial score (nSPS) is 11.1. The van der Waals surface area contributed by atoms with Crippen LogP contribution < -0.4 is 10.7 Å². The fourth-order valence-corrected chi connectivity index (χ4v) is 3.57. The van der Waals surface area contributed by atoms with Gasteiger partial charge in [0.2, 0.25) is 0 Å². The highest BCUT2D eigenvalue weighted by Gasteiger charge is 2.09. The van der Waals surface area contributed by atoms with E-state index in [9.17, 15) is 9.59 Å². The number of aromatic nitrogens is 1. The Morgan fingerprint density at radius 2 is 1.88 bits per heavy atom. The predicted molar refractivity (Wildman–Crippen MR) is 107 cm³/mol. The molecule has 3 aromatic rings. The molecule has 1 heterocycles. The number of halogens is 1. The molecule has 5 nitrogen and oxygen atoms in total. The lowest BCUT2D eigenvalue weighted by Gasteiger charge is -2.21. The van der Waals surface area contributed by atoms with Crippen LogP contribution in [0.1, 0.15) is 15.9 Å². The highest BCUT2D eigenvalue weighted by Crippen LogP contribution is 2.22. The fourth-order valence-electron chi connectivity index (χ4n) is 2.97. The fraction of sp³-hybridized carbons (Fsp3) is 0.200. The quantitative estimate of drug-likeness (QED) is 0.698. The molecule has 0 aliphatic rings. The number of pyridine rings is 1. The van der Waals surface area contributed by atoms with Gasteiger partial charge in [-0.05, 0) is 52.8 Å². The first-order valence-electron chi connectivity index (χ1n) is 8.27. The predicted octanol–water partition coefficient (Wildman–Crippen LogP) is 3.21. The lowest BCUT2D eigenvalue weighted by atomic mass is 10.1. The van der Waals surface area contributed by atoms with Crippen LogP contribution in [0.2, 0.25) is 0 Å². The summed E-state index contributed by atoms with van der Waals surface area (Å²) in [6.07, 6.45) is 1.82. The van der Waals surface area contributed by atoms with E-state index >= 15 is 0 Å². The van der Waals surface area contributed by atoms with Gasteiger partial charge in [-0.15, -0.1) is 0 Å². The van der Waals surface area contributed by atoms with Crippen LogP contribution in [0.4, 0.5) is 0 Å². The molecule has 0 radical (unpaired) electrons. The summed E-state index contributed by atoms with van der Waals surface area (Å²) >= 11 is 3.55. The molecule has 0 saturated heterocycles. The molecule has 0 aliphatic carbocycles. The second-order valence-electron chi connectivity index (χ2n) is 6.22. The zero-order valence-electron chi connectivity index (χ0n) is 14.7. The number of fused-ring (bicyclic) bond motifs is 1. The molecule has 3 rings (SSSR count). The summed E-state index contributed by atoms with van der Waals surface area (Å²) in [4.78, 5) is 25.9. The van der Waals surface area contributed by atoms with Gasteiger partial charge in [0, 0.05) is 41.3 Å². The van der Waals surface area contributed by atoms with Crippen LogP contribution in [0.3, 0.4) is 0 Å². The van der Waals surface area contributed by atoms with E-state index in [0.717, 1.165) is 22.1 Å². The third-order valence-electron chi connectivity index (χ3n) is 4.23. The average molecular weight is 414 g/mol. The molecule has 0 fully saturated rings. The zero-order chi connectivity index (χ0) is 18.7. The molecule has 1 N–H and O–H groups in total. The van der Waals surface area contributed by atoms with Crippen LogP contribution in [0, 0.1) is 0 Å². The van der Waals surface area contributed by atoms with Crippen molar-refractivity contribution in [1.82, 2.24) is 14.8 Å². The van der Waals surface area contributed by atoms with Gasteiger partial charge in [0.15, 0.2) is 5.43 Å². The Morgan fingerprint density at radius 3 is 2.58 bits per heavy atom. The van der Waals surface area contributed by atoms with E-state index in [2.05, 4.69) is 30.7 Å². The van der Waals surface area contributed by atoms with E-state index in [1.165, 1.54) is 0 Å². The van der Waals surface area contributed by atoms with Crippen molar-refractivity contribution in [2.45, 2.75) is 13.2 Å². The molecule has 0 aliphatic heterocycles. The molecule has 1 aromatic heterocycles. The lowest BCUT2D eigenvalue weighted by molar-refractivity contribution is 0.0963. The highest BCUT2D eigenvalue weighted by atomic mass is 79.9. The molecule has 0 bridgehead atoms. The topological polar surface area (TPSA) is 54.3 Å². The largest absolute Gasteiger partial charge is 0.355 e. The van der Waals surface area contributed by atoms with E-state index in [1.54, 1.807) is 13.1 Å². The van der Waals surface area contributed by atoms with Crippen molar-refractivity contribution < 1.29 is 4.79 Å². The Balaban J connectivity index is 1.79. The maximum absolute atomic E-state index is 12.1. The summed E-state index contributed by atoms with van der Waals surface area (Å²) in [5.41, 5.74) is 2.67. The molecule has 134 valence electrons. The first-order chi connectivity index (χ1) is 12.5. The number of benzene rings is 2. The van der Waals surface area contributed by atoms with Crippen LogP contribution in [-0.2, 0) is 13.2 Å². The van der Waals surface area contributed by atoms with E-state index in [-0.39, 0.29) is 11.3 Å². The van der Waals surface area contributed by atoms with Gasteiger partial charge in [-0.25, -0.2) is 0 Å². The standard InChI is InChI=1S/C20H20BrN3O2/c1-22-20(26)15-8-6-14(7-9-15)12-23(2)13-24-11-10-18(25)16-4-3-5-17(21)19(16)24/h3-11H,12-13H2,1-2H3,(H,22,26).